The Morgan fingerprint density at radius 3 is 2.62 bits per heavy atom. The quantitative estimate of drug-likeness (QED) is 0.427. The Labute approximate surface area is 120 Å². The minimum absolute atomic E-state index is 0.0134. The largest absolute Gasteiger partial charge is 0.478 e. The van der Waals surface area contributed by atoms with Crippen LogP contribution in [0.5, 0.6) is 0 Å². The molecule has 0 radical (unpaired) electrons. The third kappa shape index (κ3) is 4.95. The highest BCUT2D eigenvalue weighted by Crippen LogP contribution is 2.54. The number of carboxylic acids is 1. The van der Waals surface area contributed by atoms with Gasteiger partial charge in [0, 0.05) is 12.6 Å². The van der Waals surface area contributed by atoms with E-state index in [2.05, 4.69) is 10.7 Å². The first kappa shape index (κ1) is 17.3. The van der Waals surface area contributed by atoms with E-state index in [0.29, 0.717) is 0 Å². The summed E-state index contributed by atoms with van der Waals surface area (Å²) in [7, 11) is -4.01. The maximum Gasteiger partial charge on any atom is 0.335 e. The average molecular weight is 317 g/mol. The van der Waals surface area contributed by atoms with Gasteiger partial charge in [-0.1, -0.05) is 12.1 Å². The highest BCUT2D eigenvalue weighted by Gasteiger charge is 2.30. The van der Waals surface area contributed by atoms with Crippen molar-refractivity contribution >= 4 is 19.3 Å². The van der Waals surface area contributed by atoms with Crippen molar-refractivity contribution in [3.63, 3.8) is 0 Å². The molecule has 5 N–H and O–H groups in total. The van der Waals surface area contributed by atoms with Crippen molar-refractivity contribution in [2.24, 2.45) is 5.90 Å². The lowest BCUT2D eigenvalue weighted by molar-refractivity contribution is -0.144. The van der Waals surface area contributed by atoms with Gasteiger partial charge in [0.15, 0.2) is 5.85 Å². The van der Waals surface area contributed by atoms with Crippen LogP contribution in [0.2, 0.25) is 0 Å². The van der Waals surface area contributed by atoms with Crippen LogP contribution in [-0.4, -0.2) is 33.2 Å². The Balaban J connectivity index is 2.78. The molecule has 0 aliphatic carbocycles. The fourth-order valence-corrected chi connectivity index (χ4v) is 3.18. The predicted molar refractivity (Wildman–Crippen MR) is 72.6 cm³/mol. The lowest BCUT2D eigenvalue weighted by Crippen LogP contribution is -2.11. The van der Waals surface area contributed by atoms with Crippen molar-refractivity contribution < 1.29 is 34.1 Å². The molecular formula is C12H16NO7P. The van der Waals surface area contributed by atoms with Gasteiger partial charge in [0.05, 0.1) is 5.56 Å². The fourth-order valence-electron chi connectivity index (χ4n) is 1.70. The molecule has 0 fully saturated rings. The molecule has 1 aromatic carbocycles. The van der Waals surface area contributed by atoms with Gasteiger partial charge in [-0.15, -0.1) is 0 Å². The summed E-state index contributed by atoms with van der Waals surface area (Å²) in [6.07, 6.45) is -0.455. The van der Waals surface area contributed by atoms with E-state index in [9.17, 15) is 24.2 Å². The Morgan fingerprint density at radius 2 is 2.05 bits per heavy atom. The van der Waals surface area contributed by atoms with Gasteiger partial charge in [-0.2, -0.15) is 5.90 Å². The summed E-state index contributed by atoms with van der Waals surface area (Å²) in [5.41, 5.74) is -0.0691. The molecule has 1 rings (SSSR count). The maximum absolute atomic E-state index is 12.0. The molecule has 116 valence electrons. The van der Waals surface area contributed by atoms with E-state index < -0.39 is 25.2 Å². The number of carbonyl (C=O) groups excluding carboxylic acids is 1. The molecular weight excluding hydrogens is 301 g/mol. The number of rotatable bonds is 7. The van der Waals surface area contributed by atoms with Crippen molar-refractivity contribution in [2.75, 3.05) is 6.16 Å². The molecule has 9 heteroatoms. The van der Waals surface area contributed by atoms with Crippen LogP contribution in [0.3, 0.4) is 0 Å². The SMILES string of the molecule is NOC(=O)CCCP(=O)(O)[C@H](O)c1cccc(C(=O)O)c1. The van der Waals surface area contributed by atoms with E-state index in [4.69, 9.17) is 5.11 Å². The topological polar surface area (TPSA) is 147 Å². The van der Waals surface area contributed by atoms with Gasteiger partial charge in [-0.25, -0.2) is 4.79 Å². The summed E-state index contributed by atoms with van der Waals surface area (Å²) in [5, 5.41) is 18.8. The Morgan fingerprint density at radius 1 is 1.38 bits per heavy atom. The number of aliphatic hydroxyl groups is 1. The molecule has 0 aliphatic heterocycles. The third-order valence-electron chi connectivity index (χ3n) is 2.80. The molecule has 0 heterocycles. The van der Waals surface area contributed by atoms with E-state index in [1.54, 1.807) is 0 Å². The first-order valence-corrected chi connectivity index (χ1v) is 7.91. The number of hydrogen-bond acceptors (Lipinski definition) is 6. The molecule has 2 atom stereocenters. The Hall–Kier alpha value is -1.73. The van der Waals surface area contributed by atoms with Gasteiger partial charge in [0.2, 0.25) is 7.37 Å². The van der Waals surface area contributed by atoms with Crippen LogP contribution in [0, 0.1) is 0 Å². The summed E-state index contributed by atoms with van der Waals surface area (Å²) >= 11 is 0. The number of nitrogens with two attached hydrogens (primary N) is 1. The second-order valence-electron chi connectivity index (χ2n) is 4.38. The Bertz CT molecular complexity index is 574. The first-order chi connectivity index (χ1) is 9.77. The van der Waals surface area contributed by atoms with Crippen LogP contribution in [0.25, 0.3) is 0 Å². The molecule has 0 amide bonds. The summed E-state index contributed by atoms with van der Waals surface area (Å²) in [5.74, 6) is 0.984. The van der Waals surface area contributed by atoms with Gasteiger partial charge < -0.3 is 19.9 Å². The van der Waals surface area contributed by atoms with Crippen LogP contribution < -0.4 is 5.90 Å². The van der Waals surface area contributed by atoms with E-state index in [1.165, 1.54) is 18.2 Å². The van der Waals surface area contributed by atoms with Gasteiger partial charge in [-0.05, 0) is 24.1 Å². The molecule has 0 aliphatic rings. The fraction of sp³-hybridized carbons (Fsp3) is 0.333. The van der Waals surface area contributed by atoms with Crippen molar-refractivity contribution in [1.82, 2.24) is 0 Å². The summed E-state index contributed by atoms with van der Waals surface area (Å²) < 4.78 is 12.0. The van der Waals surface area contributed by atoms with Gasteiger partial charge in [0.1, 0.15) is 0 Å². The smallest absolute Gasteiger partial charge is 0.335 e. The van der Waals surface area contributed by atoms with Crippen LogP contribution >= 0.6 is 7.37 Å². The number of aliphatic hydroxyl groups excluding tert-OH is 1. The van der Waals surface area contributed by atoms with E-state index in [1.807, 2.05) is 0 Å². The zero-order valence-corrected chi connectivity index (χ0v) is 11.9. The summed E-state index contributed by atoms with van der Waals surface area (Å²) in [6, 6.07) is 5.16. The minimum Gasteiger partial charge on any atom is -0.478 e. The van der Waals surface area contributed by atoms with Crippen molar-refractivity contribution in [1.29, 1.82) is 0 Å². The predicted octanol–water partition coefficient (Wildman–Crippen LogP) is 0.843. The average Bonchev–Trinajstić information content (AvgIpc) is 2.46. The number of carboxylic acid groups (broad SMARTS) is 1. The summed E-state index contributed by atoms with van der Waals surface area (Å²) in [6.45, 7) is 0. The molecule has 0 saturated carbocycles. The molecule has 21 heavy (non-hydrogen) atoms. The molecule has 0 spiro atoms. The van der Waals surface area contributed by atoms with Crippen LogP contribution in [-0.2, 0) is 14.2 Å². The van der Waals surface area contributed by atoms with Gasteiger partial charge in [0.25, 0.3) is 0 Å². The lowest BCUT2D eigenvalue weighted by Gasteiger charge is -2.18. The standard InChI is InChI=1S/C12H16NO7P/c13-20-10(14)5-2-6-21(18,19)12(17)9-4-1-3-8(7-9)11(15)16/h1,3-4,7,12,17H,2,5-6,13H2,(H,15,16)(H,18,19)/t12-/m0/s1. The van der Waals surface area contributed by atoms with Gasteiger partial charge >= 0.3 is 11.9 Å². The maximum atomic E-state index is 12.0. The van der Waals surface area contributed by atoms with Crippen LogP contribution in [0.1, 0.15) is 34.6 Å². The van der Waals surface area contributed by atoms with Crippen LogP contribution in [0.4, 0.5) is 0 Å². The van der Waals surface area contributed by atoms with E-state index in [-0.39, 0.29) is 30.1 Å². The second-order valence-corrected chi connectivity index (χ2v) is 6.82. The Kier molecular flexibility index (Phi) is 6.04. The number of benzene rings is 1. The molecule has 8 nitrogen and oxygen atoms in total. The molecule has 0 aromatic heterocycles. The van der Waals surface area contributed by atoms with Gasteiger partial charge in [-0.3, -0.25) is 9.36 Å². The number of hydrogen-bond donors (Lipinski definition) is 4. The molecule has 0 saturated heterocycles. The first-order valence-electron chi connectivity index (χ1n) is 6.00. The normalized spacial score (nSPS) is 15.0. The second kappa shape index (κ2) is 7.33. The number of aromatic carboxylic acids is 1. The van der Waals surface area contributed by atoms with Crippen molar-refractivity contribution in [2.45, 2.75) is 18.7 Å². The zero-order chi connectivity index (χ0) is 16.0. The minimum atomic E-state index is -4.01. The molecule has 1 aromatic rings. The van der Waals surface area contributed by atoms with Crippen molar-refractivity contribution in [3.8, 4) is 0 Å². The monoisotopic (exact) mass is 317 g/mol. The number of carbonyl (C=O) groups is 2. The molecule has 1 unspecified atom stereocenters. The highest BCUT2D eigenvalue weighted by molar-refractivity contribution is 7.58. The lowest BCUT2D eigenvalue weighted by atomic mass is 10.1. The zero-order valence-electron chi connectivity index (χ0n) is 11.0. The third-order valence-corrected chi connectivity index (χ3v) is 4.82. The highest BCUT2D eigenvalue weighted by atomic mass is 31.2. The van der Waals surface area contributed by atoms with Crippen LogP contribution in [0.15, 0.2) is 24.3 Å². The van der Waals surface area contributed by atoms with Crippen molar-refractivity contribution in [3.05, 3.63) is 35.4 Å². The molecule has 0 bridgehead atoms. The summed E-state index contributed by atoms with van der Waals surface area (Å²) in [4.78, 5) is 35.4. The van der Waals surface area contributed by atoms with E-state index in [0.717, 1.165) is 6.07 Å². The van der Waals surface area contributed by atoms with E-state index >= 15 is 0 Å².